The minimum atomic E-state index is 0.0236. The molecule has 5 nitrogen and oxygen atoms in total. The first kappa shape index (κ1) is 14.9. The highest BCUT2D eigenvalue weighted by molar-refractivity contribution is 5.93. The van der Waals surface area contributed by atoms with Crippen LogP contribution in [0.3, 0.4) is 0 Å². The number of hydrogen-bond acceptors (Lipinski definition) is 4. The number of aromatic nitrogens is 1. The van der Waals surface area contributed by atoms with Crippen molar-refractivity contribution in [1.82, 2.24) is 14.8 Å². The number of aryl methyl sites for hydroxylation is 1. The summed E-state index contributed by atoms with van der Waals surface area (Å²) < 4.78 is 5.40. The van der Waals surface area contributed by atoms with E-state index in [9.17, 15) is 4.79 Å². The number of nitrogens with zero attached hydrogens (tertiary/aromatic N) is 3. The Morgan fingerprint density at radius 2 is 2.30 bits per heavy atom. The second kappa shape index (κ2) is 6.33. The van der Waals surface area contributed by atoms with Crippen LogP contribution in [-0.2, 0) is 4.74 Å². The fourth-order valence-electron chi connectivity index (χ4n) is 2.70. The number of methoxy groups -OCH3 is 1. The third-order valence-electron chi connectivity index (χ3n) is 3.94. The first-order chi connectivity index (χ1) is 9.51. The lowest BCUT2D eigenvalue weighted by Gasteiger charge is -2.25. The van der Waals surface area contributed by atoms with E-state index < -0.39 is 0 Å². The smallest absolute Gasteiger partial charge is 0.255 e. The molecule has 1 aliphatic heterocycles. The van der Waals surface area contributed by atoms with Gasteiger partial charge >= 0.3 is 0 Å². The highest BCUT2D eigenvalue weighted by atomic mass is 16.5. The van der Waals surface area contributed by atoms with Crippen molar-refractivity contribution < 1.29 is 9.53 Å². The molecule has 0 aliphatic carbocycles. The van der Waals surface area contributed by atoms with Crippen LogP contribution in [-0.4, -0.2) is 67.1 Å². The topological polar surface area (TPSA) is 45.7 Å². The SMILES string of the molecule is CO[C@H]1C[C@@H](CN(C)C(=O)c2cncc(C)c2)N(C)C1. The molecule has 2 rings (SSSR count). The molecular formula is C15H23N3O2. The molecule has 0 aromatic carbocycles. The Kier molecular flexibility index (Phi) is 4.73. The number of ether oxygens (including phenoxy) is 1. The molecule has 0 spiro atoms. The number of hydrogen-bond donors (Lipinski definition) is 0. The van der Waals surface area contributed by atoms with Crippen LogP contribution in [0.25, 0.3) is 0 Å². The summed E-state index contributed by atoms with van der Waals surface area (Å²) in [6.07, 6.45) is 4.62. The van der Waals surface area contributed by atoms with Gasteiger partial charge in [-0.25, -0.2) is 0 Å². The van der Waals surface area contributed by atoms with Crippen LogP contribution in [0, 0.1) is 6.92 Å². The number of amides is 1. The normalized spacial score (nSPS) is 23.0. The zero-order valence-corrected chi connectivity index (χ0v) is 12.7. The zero-order valence-electron chi connectivity index (χ0n) is 12.7. The number of likely N-dealkylation sites (tertiary alicyclic amines) is 1. The lowest BCUT2D eigenvalue weighted by Crippen LogP contribution is -2.39. The predicted molar refractivity (Wildman–Crippen MR) is 77.8 cm³/mol. The molecule has 110 valence electrons. The lowest BCUT2D eigenvalue weighted by molar-refractivity contribution is 0.0759. The Labute approximate surface area is 120 Å². The van der Waals surface area contributed by atoms with Crippen molar-refractivity contribution in [2.75, 3.05) is 34.3 Å². The van der Waals surface area contributed by atoms with E-state index >= 15 is 0 Å². The molecular weight excluding hydrogens is 254 g/mol. The average Bonchev–Trinajstić information content (AvgIpc) is 2.78. The lowest BCUT2D eigenvalue weighted by atomic mass is 10.1. The van der Waals surface area contributed by atoms with E-state index in [2.05, 4.69) is 16.9 Å². The second-order valence-electron chi connectivity index (χ2n) is 5.62. The zero-order chi connectivity index (χ0) is 14.7. The summed E-state index contributed by atoms with van der Waals surface area (Å²) in [5.74, 6) is 0.0236. The Balaban J connectivity index is 1.98. The van der Waals surface area contributed by atoms with Crippen LogP contribution < -0.4 is 0 Å². The average molecular weight is 277 g/mol. The van der Waals surface area contributed by atoms with Gasteiger partial charge in [-0.15, -0.1) is 0 Å². The minimum absolute atomic E-state index is 0.0236. The first-order valence-electron chi connectivity index (χ1n) is 6.91. The highest BCUT2D eigenvalue weighted by Crippen LogP contribution is 2.19. The van der Waals surface area contributed by atoms with Crippen LogP contribution in [0.15, 0.2) is 18.5 Å². The van der Waals surface area contributed by atoms with Crippen LogP contribution in [0.1, 0.15) is 22.3 Å². The molecule has 1 amide bonds. The number of rotatable bonds is 4. The molecule has 1 fully saturated rings. The van der Waals surface area contributed by atoms with Crippen molar-refractivity contribution in [2.24, 2.45) is 0 Å². The molecule has 0 radical (unpaired) electrons. The largest absolute Gasteiger partial charge is 0.380 e. The molecule has 2 atom stereocenters. The van der Waals surface area contributed by atoms with E-state index in [-0.39, 0.29) is 12.0 Å². The third-order valence-corrected chi connectivity index (χ3v) is 3.94. The number of carbonyl (C=O) groups excluding carboxylic acids is 1. The van der Waals surface area contributed by atoms with E-state index in [1.165, 1.54) is 0 Å². The number of carbonyl (C=O) groups is 1. The summed E-state index contributed by atoms with van der Waals surface area (Å²) >= 11 is 0. The first-order valence-corrected chi connectivity index (χ1v) is 6.91. The monoisotopic (exact) mass is 277 g/mol. The van der Waals surface area contributed by atoms with Crippen LogP contribution >= 0.6 is 0 Å². The van der Waals surface area contributed by atoms with E-state index in [1.54, 1.807) is 24.4 Å². The van der Waals surface area contributed by atoms with Gasteiger partial charge in [0.15, 0.2) is 0 Å². The third kappa shape index (κ3) is 3.35. The van der Waals surface area contributed by atoms with Gasteiger partial charge in [0.1, 0.15) is 0 Å². The minimum Gasteiger partial charge on any atom is -0.380 e. The summed E-state index contributed by atoms with van der Waals surface area (Å²) in [6.45, 7) is 3.58. The Hall–Kier alpha value is -1.46. The molecule has 2 heterocycles. The van der Waals surface area contributed by atoms with E-state index in [1.807, 2.05) is 20.0 Å². The van der Waals surface area contributed by atoms with Gasteiger partial charge in [-0.2, -0.15) is 0 Å². The molecule has 1 aromatic heterocycles. The summed E-state index contributed by atoms with van der Waals surface area (Å²) in [4.78, 5) is 20.5. The van der Waals surface area contributed by atoms with Crippen molar-refractivity contribution in [1.29, 1.82) is 0 Å². The summed E-state index contributed by atoms with van der Waals surface area (Å²) in [5, 5.41) is 0. The van der Waals surface area contributed by atoms with Crippen LogP contribution in [0.4, 0.5) is 0 Å². The molecule has 20 heavy (non-hydrogen) atoms. The van der Waals surface area contributed by atoms with E-state index in [4.69, 9.17) is 4.74 Å². The maximum atomic E-state index is 12.4. The van der Waals surface area contributed by atoms with Crippen LogP contribution in [0.2, 0.25) is 0 Å². The molecule has 1 aromatic rings. The van der Waals surface area contributed by atoms with Gasteiger partial charge in [0.2, 0.25) is 0 Å². The fourth-order valence-corrected chi connectivity index (χ4v) is 2.70. The molecule has 0 N–H and O–H groups in total. The van der Waals surface area contributed by atoms with Crippen molar-refractivity contribution in [2.45, 2.75) is 25.5 Å². The molecule has 1 saturated heterocycles. The maximum absolute atomic E-state index is 12.4. The summed E-state index contributed by atoms with van der Waals surface area (Å²) in [6, 6.07) is 2.23. The van der Waals surface area contributed by atoms with Crippen molar-refractivity contribution in [3.05, 3.63) is 29.6 Å². The van der Waals surface area contributed by atoms with Crippen molar-refractivity contribution in [3.8, 4) is 0 Å². The molecule has 0 bridgehead atoms. The maximum Gasteiger partial charge on any atom is 0.255 e. The summed E-state index contributed by atoms with van der Waals surface area (Å²) in [5.41, 5.74) is 1.65. The van der Waals surface area contributed by atoms with Gasteiger partial charge in [0.05, 0.1) is 11.7 Å². The number of likely N-dealkylation sites (N-methyl/N-ethyl adjacent to an activating group) is 2. The van der Waals surface area contributed by atoms with Gasteiger partial charge in [-0.3, -0.25) is 14.7 Å². The van der Waals surface area contributed by atoms with Gasteiger partial charge in [-0.05, 0) is 32.0 Å². The molecule has 0 unspecified atom stereocenters. The molecule has 1 aliphatic rings. The number of pyridine rings is 1. The second-order valence-corrected chi connectivity index (χ2v) is 5.62. The van der Waals surface area contributed by atoms with E-state index in [0.717, 1.165) is 18.5 Å². The van der Waals surface area contributed by atoms with Gasteiger partial charge in [0, 0.05) is 45.7 Å². The van der Waals surface area contributed by atoms with Gasteiger partial charge < -0.3 is 9.64 Å². The van der Waals surface area contributed by atoms with Crippen molar-refractivity contribution >= 4 is 5.91 Å². The standard InChI is InChI=1S/C15H23N3O2/c1-11-5-12(8-16-7-11)15(19)18(3)9-13-6-14(20-4)10-17(13)2/h5,7-8,13-14H,6,9-10H2,1-4H3/t13-,14-/m0/s1. The quantitative estimate of drug-likeness (QED) is 0.829. The van der Waals surface area contributed by atoms with E-state index in [0.29, 0.717) is 18.2 Å². The predicted octanol–water partition coefficient (Wildman–Crippen LogP) is 1.18. The highest BCUT2D eigenvalue weighted by Gasteiger charge is 2.31. The molecule has 5 heteroatoms. The van der Waals surface area contributed by atoms with Crippen LogP contribution in [0.5, 0.6) is 0 Å². The van der Waals surface area contributed by atoms with Crippen molar-refractivity contribution in [3.63, 3.8) is 0 Å². The Morgan fingerprint density at radius 3 is 2.90 bits per heavy atom. The summed E-state index contributed by atoms with van der Waals surface area (Å²) in [7, 11) is 5.67. The van der Waals surface area contributed by atoms with Gasteiger partial charge in [-0.1, -0.05) is 0 Å². The Morgan fingerprint density at radius 1 is 1.55 bits per heavy atom. The Bertz CT molecular complexity index is 478. The van der Waals surface area contributed by atoms with Gasteiger partial charge in [0.25, 0.3) is 5.91 Å². The molecule has 0 saturated carbocycles. The fraction of sp³-hybridized carbons (Fsp3) is 0.600.